The molecule has 168 valence electrons. The molecule has 0 aromatic heterocycles. The summed E-state index contributed by atoms with van der Waals surface area (Å²) in [5.41, 5.74) is 0.290. The summed E-state index contributed by atoms with van der Waals surface area (Å²) in [6, 6.07) is 13.9. The summed E-state index contributed by atoms with van der Waals surface area (Å²) in [6.45, 7) is 6.05. The van der Waals surface area contributed by atoms with Crippen LogP contribution in [0.2, 0.25) is 0 Å². The molecule has 8 nitrogen and oxygen atoms in total. The first-order valence-corrected chi connectivity index (χ1v) is 12.0. The molecule has 9 heteroatoms. The molecule has 0 radical (unpaired) electrons. The van der Waals surface area contributed by atoms with Crippen molar-refractivity contribution in [2.24, 2.45) is 5.92 Å². The van der Waals surface area contributed by atoms with Gasteiger partial charge in [0, 0.05) is 32.2 Å². The number of hydrogen-bond acceptors (Lipinski definition) is 6. The van der Waals surface area contributed by atoms with E-state index in [4.69, 9.17) is 4.74 Å². The second-order valence-electron chi connectivity index (χ2n) is 7.55. The molecule has 31 heavy (non-hydrogen) atoms. The van der Waals surface area contributed by atoms with Crippen LogP contribution in [0.25, 0.3) is 0 Å². The minimum atomic E-state index is -3.75. The maximum atomic E-state index is 12.8. The Labute approximate surface area is 183 Å². The number of nitro benzene ring substituents is 1. The molecule has 1 fully saturated rings. The molecule has 0 amide bonds. The summed E-state index contributed by atoms with van der Waals surface area (Å²) >= 11 is 0. The van der Waals surface area contributed by atoms with E-state index in [1.807, 2.05) is 35.2 Å². The van der Waals surface area contributed by atoms with Crippen molar-refractivity contribution in [1.82, 2.24) is 4.31 Å². The Morgan fingerprint density at radius 1 is 1.10 bits per heavy atom. The van der Waals surface area contributed by atoms with E-state index in [1.165, 1.54) is 16.4 Å². The fraction of sp³-hybridized carbons (Fsp3) is 0.455. The molecule has 0 bridgehead atoms. The van der Waals surface area contributed by atoms with E-state index in [0.717, 1.165) is 18.6 Å². The van der Waals surface area contributed by atoms with Gasteiger partial charge in [-0.15, -0.1) is 0 Å². The summed E-state index contributed by atoms with van der Waals surface area (Å²) in [4.78, 5) is 13.1. The van der Waals surface area contributed by atoms with Crippen LogP contribution in [0, 0.1) is 16.0 Å². The third-order valence-electron chi connectivity index (χ3n) is 5.67. The highest BCUT2D eigenvalue weighted by molar-refractivity contribution is 7.89. The summed E-state index contributed by atoms with van der Waals surface area (Å²) in [5, 5.41) is 11.7. The minimum Gasteiger partial charge on any atom is -0.493 e. The van der Waals surface area contributed by atoms with Crippen LogP contribution in [-0.4, -0.2) is 50.4 Å². The van der Waals surface area contributed by atoms with Gasteiger partial charge in [-0.25, -0.2) is 8.42 Å². The Hall–Kier alpha value is -2.65. The van der Waals surface area contributed by atoms with E-state index in [1.54, 1.807) is 19.9 Å². The molecule has 1 saturated heterocycles. The highest BCUT2D eigenvalue weighted by Crippen LogP contribution is 2.34. The number of rotatable bonds is 9. The number of piperidine rings is 1. The molecule has 0 spiro atoms. The van der Waals surface area contributed by atoms with Crippen LogP contribution in [0.15, 0.2) is 53.4 Å². The lowest BCUT2D eigenvalue weighted by Crippen LogP contribution is -2.36. The molecular formula is C22H29N3O5S. The number of benzene rings is 2. The maximum Gasteiger partial charge on any atom is 0.293 e. The van der Waals surface area contributed by atoms with E-state index in [9.17, 15) is 18.5 Å². The predicted octanol–water partition coefficient (Wildman–Crippen LogP) is 3.92. The molecule has 2 aromatic carbocycles. The molecule has 0 N–H and O–H groups in total. The summed E-state index contributed by atoms with van der Waals surface area (Å²) in [6.07, 6.45) is 1.70. The van der Waals surface area contributed by atoms with Crippen LogP contribution >= 0.6 is 0 Å². The second kappa shape index (κ2) is 10.1. The summed E-state index contributed by atoms with van der Waals surface area (Å²) in [7, 11) is -3.75. The molecule has 3 rings (SSSR count). The lowest BCUT2D eigenvalue weighted by Gasteiger charge is -2.33. The van der Waals surface area contributed by atoms with Crippen LogP contribution in [0.5, 0.6) is 5.75 Å². The van der Waals surface area contributed by atoms with Gasteiger partial charge in [-0.2, -0.15) is 4.31 Å². The van der Waals surface area contributed by atoms with Crippen LogP contribution in [0.4, 0.5) is 11.4 Å². The normalized spacial score (nSPS) is 15.3. The Morgan fingerprint density at radius 2 is 1.74 bits per heavy atom. The maximum absolute atomic E-state index is 12.8. The predicted molar refractivity (Wildman–Crippen MR) is 120 cm³/mol. The van der Waals surface area contributed by atoms with Crippen molar-refractivity contribution >= 4 is 21.4 Å². The van der Waals surface area contributed by atoms with Crippen molar-refractivity contribution in [2.75, 3.05) is 37.7 Å². The molecule has 2 aromatic rings. The Kier molecular flexibility index (Phi) is 7.50. The molecule has 1 aliphatic rings. The van der Waals surface area contributed by atoms with Crippen molar-refractivity contribution < 1.29 is 18.1 Å². The van der Waals surface area contributed by atoms with Gasteiger partial charge in [-0.1, -0.05) is 32.0 Å². The van der Waals surface area contributed by atoms with E-state index < -0.39 is 14.9 Å². The van der Waals surface area contributed by atoms with Gasteiger partial charge in [-0.3, -0.25) is 10.1 Å². The van der Waals surface area contributed by atoms with Crippen LogP contribution in [-0.2, 0) is 10.0 Å². The van der Waals surface area contributed by atoms with Crippen molar-refractivity contribution in [3.05, 3.63) is 58.6 Å². The number of hydrogen-bond donors (Lipinski definition) is 0. The zero-order valence-corrected chi connectivity index (χ0v) is 18.8. The first kappa shape index (κ1) is 23.0. The van der Waals surface area contributed by atoms with Crippen LogP contribution in [0.3, 0.4) is 0 Å². The third kappa shape index (κ3) is 5.34. The third-order valence-corrected chi connectivity index (χ3v) is 7.72. The molecule has 0 aliphatic carbocycles. The SMILES string of the molecule is CCN(CC)S(=O)(=O)c1ccc(N2CCC(COc3ccccc3)CC2)c([N+](=O)[O-])c1. The van der Waals surface area contributed by atoms with Gasteiger partial charge in [-0.05, 0) is 43.0 Å². The van der Waals surface area contributed by atoms with E-state index in [0.29, 0.717) is 44.4 Å². The fourth-order valence-corrected chi connectivity index (χ4v) is 5.34. The summed E-state index contributed by atoms with van der Waals surface area (Å²) in [5.74, 6) is 1.21. The second-order valence-corrected chi connectivity index (χ2v) is 9.49. The number of nitrogens with zero attached hydrogens (tertiary/aromatic N) is 3. The fourth-order valence-electron chi connectivity index (χ4n) is 3.86. The van der Waals surface area contributed by atoms with Crippen molar-refractivity contribution in [2.45, 2.75) is 31.6 Å². The Morgan fingerprint density at radius 3 is 2.32 bits per heavy atom. The molecule has 1 aliphatic heterocycles. The van der Waals surface area contributed by atoms with E-state index in [2.05, 4.69) is 0 Å². The number of ether oxygens (including phenoxy) is 1. The highest BCUT2D eigenvalue weighted by atomic mass is 32.2. The van der Waals surface area contributed by atoms with Gasteiger partial charge in [0.05, 0.1) is 16.4 Å². The van der Waals surface area contributed by atoms with Gasteiger partial charge in [0.25, 0.3) is 5.69 Å². The number of sulfonamides is 1. The quantitative estimate of drug-likeness (QED) is 0.427. The average molecular weight is 448 g/mol. The monoisotopic (exact) mass is 447 g/mol. The van der Waals surface area contributed by atoms with E-state index >= 15 is 0 Å². The smallest absolute Gasteiger partial charge is 0.293 e. The Balaban J connectivity index is 1.71. The first-order valence-electron chi connectivity index (χ1n) is 10.6. The number of para-hydroxylation sites is 1. The number of nitro groups is 1. The highest BCUT2D eigenvalue weighted by Gasteiger charge is 2.29. The lowest BCUT2D eigenvalue weighted by atomic mass is 9.97. The molecule has 0 saturated carbocycles. The van der Waals surface area contributed by atoms with Crippen molar-refractivity contribution in [1.29, 1.82) is 0 Å². The summed E-state index contributed by atoms with van der Waals surface area (Å²) < 4.78 is 32.7. The minimum absolute atomic E-state index is 0.0437. The standard InChI is InChI=1S/C22H29N3O5S/c1-3-24(4-2)31(28,29)20-10-11-21(22(16-20)25(26)27)23-14-12-18(13-15-23)17-30-19-8-6-5-7-9-19/h5-11,16,18H,3-4,12-15,17H2,1-2H3. The topological polar surface area (TPSA) is 93.0 Å². The Bertz CT molecular complexity index is 985. The molecular weight excluding hydrogens is 418 g/mol. The van der Waals surface area contributed by atoms with Gasteiger partial charge in [0.1, 0.15) is 11.4 Å². The van der Waals surface area contributed by atoms with Gasteiger partial charge < -0.3 is 9.64 Å². The largest absolute Gasteiger partial charge is 0.493 e. The lowest BCUT2D eigenvalue weighted by molar-refractivity contribution is -0.384. The average Bonchev–Trinajstić information content (AvgIpc) is 2.79. The first-order chi connectivity index (χ1) is 14.9. The van der Waals surface area contributed by atoms with Crippen LogP contribution in [0.1, 0.15) is 26.7 Å². The molecule has 0 unspecified atom stereocenters. The van der Waals surface area contributed by atoms with Crippen LogP contribution < -0.4 is 9.64 Å². The van der Waals surface area contributed by atoms with Crippen molar-refractivity contribution in [3.8, 4) is 5.75 Å². The number of anilines is 1. The molecule has 1 heterocycles. The van der Waals surface area contributed by atoms with Gasteiger partial charge in [0.15, 0.2) is 0 Å². The molecule has 0 atom stereocenters. The van der Waals surface area contributed by atoms with Gasteiger partial charge in [0.2, 0.25) is 10.0 Å². The van der Waals surface area contributed by atoms with Crippen molar-refractivity contribution in [3.63, 3.8) is 0 Å². The van der Waals surface area contributed by atoms with Gasteiger partial charge >= 0.3 is 0 Å². The zero-order chi connectivity index (χ0) is 22.4. The zero-order valence-electron chi connectivity index (χ0n) is 17.9. The van der Waals surface area contributed by atoms with E-state index in [-0.39, 0.29) is 10.6 Å².